The molecular weight excluding hydrogens is 142 g/mol. The van der Waals surface area contributed by atoms with Crippen LogP contribution in [-0.2, 0) is 9.59 Å². The molecule has 0 aliphatic rings. The van der Waals surface area contributed by atoms with Crippen LogP contribution < -0.4 is 0 Å². The zero-order chi connectivity index (χ0) is 9.44. The van der Waals surface area contributed by atoms with Crippen molar-refractivity contribution in [3.05, 3.63) is 0 Å². The Labute approximate surface area is 68.4 Å². The molecule has 0 aromatic rings. The molecule has 0 N–H and O–H groups in total. The Hall–Kier alpha value is -0.860. The van der Waals surface area contributed by atoms with Crippen molar-refractivity contribution in [2.24, 2.45) is 0 Å². The summed E-state index contributed by atoms with van der Waals surface area (Å²) in [6, 6.07) is 0. The van der Waals surface area contributed by atoms with Gasteiger partial charge in [0.2, 0.25) is 5.91 Å². The Morgan fingerprint density at radius 2 is 1.36 bits per heavy atom. The summed E-state index contributed by atoms with van der Waals surface area (Å²) < 4.78 is 0. The molecule has 3 heteroatoms. The summed E-state index contributed by atoms with van der Waals surface area (Å²) in [5.41, 5.74) is 0. The molecule has 0 bridgehead atoms. The van der Waals surface area contributed by atoms with Crippen LogP contribution in [0.5, 0.6) is 0 Å². The predicted octanol–water partition coefficient (Wildman–Crippen LogP) is 1.08. The maximum Gasteiger partial charge on any atom is 0.218 e. The molecule has 0 atom stereocenters. The van der Waals surface area contributed by atoms with Crippen LogP contribution in [0, 0.1) is 0 Å². The molecule has 0 saturated carbocycles. The zero-order valence-electron chi connectivity index (χ0n) is 7.97. The highest BCUT2D eigenvalue weighted by Crippen LogP contribution is 1.71. The summed E-state index contributed by atoms with van der Waals surface area (Å²) in [5, 5.41) is 0. The van der Waals surface area contributed by atoms with Gasteiger partial charge in [0.1, 0.15) is 5.78 Å². The molecule has 0 rings (SSSR count). The number of amides is 1. The highest BCUT2D eigenvalue weighted by Gasteiger charge is 1.87. The van der Waals surface area contributed by atoms with Crippen molar-refractivity contribution in [3.63, 3.8) is 0 Å². The maximum absolute atomic E-state index is 10.1. The van der Waals surface area contributed by atoms with Gasteiger partial charge in [-0.15, -0.1) is 0 Å². The van der Waals surface area contributed by atoms with Gasteiger partial charge in [-0.1, -0.05) is 6.92 Å². The molecule has 0 spiro atoms. The SMILES string of the molecule is CC(=O)N(C)C.CCC(C)=O. The van der Waals surface area contributed by atoms with E-state index in [9.17, 15) is 9.59 Å². The molecule has 0 aromatic heterocycles. The number of ketones is 1. The normalized spacial score (nSPS) is 7.73. The Morgan fingerprint density at radius 3 is 1.36 bits per heavy atom. The number of carbonyl (C=O) groups is 2. The molecule has 0 heterocycles. The molecule has 0 saturated heterocycles. The Bertz CT molecular complexity index is 130. The van der Waals surface area contributed by atoms with Gasteiger partial charge in [0, 0.05) is 27.4 Å². The van der Waals surface area contributed by atoms with Crippen LogP contribution in [0.3, 0.4) is 0 Å². The lowest BCUT2D eigenvalue weighted by Crippen LogP contribution is -2.17. The summed E-state index contributed by atoms with van der Waals surface area (Å²) >= 11 is 0. The van der Waals surface area contributed by atoms with Gasteiger partial charge in [-0.25, -0.2) is 0 Å². The Kier molecular flexibility index (Phi) is 8.43. The molecule has 66 valence electrons. The first-order valence-corrected chi connectivity index (χ1v) is 3.59. The third kappa shape index (κ3) is 17.6. The summed E-state index contributed by atoms with van der Waals surface area (Å²) in [6.45, 7) is 4.96. The second-order valence-electron chi connectivity index (χ2n) is 2.47. The second-order valence-corrected chi connectivity index (χ2v) is 2.47. The minimum Gasteiger partial charge on any atom is -0.349 e. The number of nitrogens with zero attached hydrogens (tertiary/aromatic N) is 1. The van der Waals surface area contributed by atoms with Gasteiger partial charge in [-0.05, 0) is 6.92 Å². The van der Waals surface area contributed by atoms with Crippen molar-refractivity contribution in [1.29, 1.82) is 0 Å². The van der Waals surface area contributed by atoms with Crippen molar-refractivity contribution in [3.8, 4) is 0 Å². The van der Waals surface area contributed by atoms with Crippen LogP contribution in [0.15, 0.2) is 0 Å². The number of Topliss-reactive ketones (excluding diaryl/α,β-unsaturated/α-hetero) is 1. The smallest absolute Gasteiger partial charge is 0.218 e. The van der Waals surface area contributed by atoms with E-state index in [0.29, 0.717) is 6.42 Å². The second kappa shape index (κ2) is 7.25. The monoisotopic (exact) mass is 159 g/mol. The van der Waals surface area contributed by atoms with Crippen LogP contribution in [0.25, 0.3) is 0 Å². The first-order chi connectivity index (χ1) is 4.91. The van der Waals surface area contributed by atoms with E-state index in [1.807, 2.05) is 6.92 Å². The summed E-state index contributed by atoms with van der Waals surface area (Å²) in [6.07, 6.45) is 0.667. The predicted molar refractivity (Wildman–Crippen MR) is 45.3 cm³/mol. The lowest BCUT2D eigenvalue weighted by atomic mass is 10.4. The average molecular weight is 159 g/mol. The third-order valence-electron chi connectivity index (χ3n) is 1.13. The largest absolute Gasteiger partial charge is 0.349 e. The lowest BCUT2D eigenvalue weighted by Gasteiger charge is -2.02. The molecule has 0 aliphatic carbocycles. The van der Waals surface area contributed by atoms with Crippen LogP contribution in [0.4, 0.5) is 0 Å². The summed E-state index contributed by atoms with van der Waals surface area (Å²) in [7, 11) is 3.45. The van der Waals surface area contributed by atoms with Crippen molar-refractivity contribution in [1.82, 2.24) is 4.90 Å². The van der Waals surface area contributed by atoms with E-state index in [1.54, 1.807) is 21.0 Å². The van der Waals surface area contributed by atoms with Gasteiger partial charge in [0.05, 0.1) is 0 Å². The van der Waals surface area contributed by atoms with Crippen LogP contribution in [-0.4, -0.2) is 30.7 Å². The van der Waals surface area contributed by atoms with Crippen molar-refractivity contribution in [2.45, 2.75) is 27.2 Å². The fraction of sp³-hybridized carbons (Fsp3) is 0.750. The topological polar surface area (TPSA) is 37.4 Å². The van der Waals surface area contributed by atoms with E-state index >= 15 is 0 Å². The van der Waals surface area contributed by atoms with Crippen LogP contribution in [0.2, 0.25) is 0 Å². The minimum atomic E-state index is 0.0926. The standard InChI is InChI=1S/C4H9NO.C4H8O/c1-4(6)5(2)3;1-3-4(2)5/h1-3H3;3H2,1-2H3. The number of rotatable bonds is 1. The van der Waals surface area contributed by atoms with Gasteiger partial charge in [0.25, 0.3) is 0 Å². The molecule has 0 unspecified atom stereocenters. The first-order valence-electron chi connectivity index (χ1n) is 3.59. The van der Waals surface area contributed by atoms with Gasteiger partial charge < -0.3 is 9.69 Å². The van der Waals surface area contributed by atoms with Crippen LogP contribution >= 0.6 is 0 Å². The summed E-state index contributed by atoms with van der Waals surface area (Å²) in [4.78, 5) is 21.4. The van der Waals surface area contributed by atoms with Crippen molar-refractivity contribution in [2.75, 3.05) is 14.1 Å². The number of hydrogen-bond donors (Lipinski definition) is 0. The molecule has 0 fully saturated rings. The molecule has 3 nitrogen and oxygen atoms in total. The van der Waals surface area contributed by atoms with Crippen molar-refractivity contribution >= 4 is 11.7 Å². The van der Waals surface area contributed by atoms with E-state index in [4.69, 9.17) is 0 Å². The Balaban J connectivity index is 0. The van der Waals surface area contributed by atoms with Gasteiger partial charge in [-0.3, -0.25) is 4.79 Å². The molecule has 11 heavy (non-hydrogen) atoms. The molecule has 0 radical (unpaired) electrons. The first kappa shape index (κ1) is 12.8. The quantitative estimate of drug-likeness (QED) is 0.574. The number of carbonyl (C=O) groups excluding carboxylic acids is 2. The van der Waals surface area contributed by atoms with E-state index in [1.165, 1.54) is 11.8 Å². The van der Waals surface area contributed by atoms with E-state index < -0.39 is 0 Å². The highest BCUT2D eigenvalue weighted by molar-refractivity contribution is 5.74. The van der Waals surface area contributed by atoms with E-state index in [2.05, 4.69) is 0 Å². The lowest BCUT2D eigenvalue weighted by molar-refractivity contribution is -0.126. The van der Waals surface area contributed by atoms with E-state index in [-0.39, 0.29) is 11.7 Å². The van der Waals surface area contributed by atoms with Crippen molar-refractivity contribution < 1.29 is 9.59 Å². The maximum atomic E-state index is 10.1. The fourth-order valence-corrected chi connectivity index (χ4v) is 0. The van der Waals surface area contributed by atoms with Gasteiger partial charge in [0.15, 0.2) is 0 Å². The molecular formula is C8H17NO2. The van der Waals surface area contributed by atoms with Gasteiger partial charge >= 0.3 is 0 Å². The fourth-order valence-electron chi connectivity index (χ4n) is 0. The molecule has 1 amide bonds. The molecule has 0 aliphatic heterocycles. The number of hydrogen-bond acceptors (Lipinski definition) is 2. The van der Waals surface area contributed by atoms with Crippen LogP contribution in [0.1, 0.15) is 27.2 Å². The third-order valence-corrected chi connectivity index (χ3v) is 1.13. The average Bonchev–Trinajstić information content (AvgIpc) is 1.89. The Morgan fingerprint density at radius 1 is 1.18 bits per heavy atom. The highest BCUT2D eigenvalue weighted by atomic mass is 16.2. The molecule has 0 aromatic carbocycles. The van der Waals surface area contributed by atoms with E-state index in [0.717, 1.165) is 0 Å². The van der Waals surface area contributed by atoms with Gasteiger partial charge in [-0.2, -0.15) is 0 Å². The summed E-state index contributed by atoms with van der Waals surface area (Å²) in [5.74, 6) is 0.347. The minimum absolute atomic E-state index is 0.0926. The zero-order valence-corrected chi connectivity index (χ0v) is 7.97.